The van der Waals surface area contributed by atoms with Crippen molar-refractivity contribution in [1.29, 1.82) is 0 Å². The van der Waals surface area contributed by atoms with Gasteiger partial charge in [-0.3, -0.25) is 9.58 Å². The molecule has 0 amide bonds. The number of hydrogen-bond acceptors (Lipinski definition) is 5. The van der Waals surface area contributed by atoms with Crippen molar-refractivity contribution < 1.29 is 9.84 Å². The van der Waals surface area contributed by atoms with Crippen molar-refractivity contribution in [1.82, 2.24) is 20.0 Å². The summed E-state index contributed by atoms with van der Waals surface area (Å²) >= 11 is 0. The fourth-order valence-corrected chi connectivity index (χ4v) is 2.65. The number of ether oxygens (including phenoxy) is 1. The van der Waals surface area contributed by atoms with E-state index in [4.69, 9.17) is 9.84 Å². The van der Waals surface area contributed by atoms with Gasteiger partial charge in [0.05, 0.1) is 26.0 Å². The van der Waals surface area contributed by atoms with Crippen LogP contribution < -0.4 is 5.32 Å². The minimum absolute atomic E-state index is 0.125. The predicted molar refractivity (Wildman–Crippen MR) is 77.5 cm³/mol. The monoisotopic (exact) mass is 282 g/mol. The van der Waals surface area contributed by atoms with E-state index in [1.54, 1.807) is 11.8 Å². The maximum absolute atomic E-state index is 8.92. The minimum Gasteiger partial charge on any atom is -0.394 e. The summed E-state index contributed by atoms with van der Waals surface area (Å²) in [5, 5.41) is 16.7. The molecule has 20 heavy (non-hydrogen) atoms. The standard InChI is InChI=1S/C14H26N4O2/c1-20-8-6-17(12-14-3-2-4-15-14)10-13-9-16-18(11-13)5-7-19/h9,11,14-15,19H,2-8,10,12H2,1H3. The summed E-state index contributed by atoms with van der Waals surface area (Å²) in [6.07, 6.45) is 6.43. The molecule has 6 heteroatoms. The van der Waals surface area contributed by atoms with Crippen LogP contribution in [0.4, 0.5) is 0 Å². The Labute approximate surface area is 120 Å². The molecule has 0 bridgehead atoms. The van der Waals surface area contributed by atoms with Crippen LogP contribution in [-0.4, -0.2) is 65.8 Å². The van der Waals surface area contributed by atoms with Gasteiger partial charge in [0.15, 0.2) is 0 Å². The van der Waals surface area contributed by atoms with E-state index < -0.39 is 0 Å². The maximum atomic E-state index is 8.92. The smallest absolute Gasteiger partial charge is 0.0640 e. The van der Waals surface area contributed by atoms with Crippen LogP contribution in [0, 0.1) is 0 Å². The first kappa shape index (κ1) is 15.4. The van der Waals surface area contributed by atoms with Crippen molar-refractivity contribution in [2.75, 3.05) is 40.0 Å². The molecule has 6 nitrogen and oxygen atoms in total. The van der Waals surface area contributed by atoms with Crippen LogP contribution in [-0.2, 0) is 17.8 Å². The molecule has 1 aliphatic heterocycles. The van der Waals surface area contributed by atoms with Gasteiger partial charge in [0, 0.05) is 44.5 Å². The third-order valence-electron chi connectivity index (χ3n) is 3.67. The van der Waals surface area contributed by atoms with Gasteiger partial charge < -0.3 is 15.2 Å². The number of hydrogen-bond donors (Lipinski definition) is 2. The van der Waals surface area contributed by atoms with E-state index in [0.29, 0.717) is 12.6 Å². The third-order valence-corrected chi connectivity index (χ3v) is 3.67. The fourth-order valence-electron chi connectivity index (χ4n) is 2.65. The second-order valence-electron chi connectivity index (χ2n) is 5.36. The lowest BCUT2D eigenvalue weighted by Gasteiger charge is -2.24. The quantitative estimate of drug-likeness (QED) is 0.671. The fraction of sp³-hybridized carbons (Fsp3) is 0.786. The zero-order valence-corrected chi connectivity index (χ0v) is 12.3. The van der Waals surface area contributed by atoms with Crippen molar-refractivity contribution in [3.05, 3.63) is 18.0 Å². The Morgan fingerprint density at radius 3 is 3.20 bits per heavy atom. The number of methoxy groups -OCH3 is 1. The van der Waals surface area contributed by atoms with E-state index in [9.17, 15) is 0 Å². The van der Waals surface area contributed by atoms with Gasteiger partial charge in [-0.1, -0.05) is 0 Å². The summed E-state index contributed by atoms with van der Waals surface area (Å²) in [6, 6.07) is 0.597. The summed E-state index contributed by atoms with van der Waals surface area (Å²) in [4.78, 5) is 2.41. The summed E-state index contributed by atoms with van der Waals surface area (Å²) in [5.74, 6) is 0. The van der Waals surface area contributed by atoms with Gasteiger partial charge in [-0.25, -0.2) is 0 Å². The van der Waals surface area contributed by atoms with Crippen molar-refractivity contribution in [2.24, 2.45) is 0 Å². The normalized spacial score (nSPS) is 19.1. The SMILES string of the molecule is COCCN(Cc1cnn(CCO)c1)CC1CCCN1. The third kappa shape index (κ3) is 4.86. The van der Waals surface area contributed by atoms with Gasteiger partial charge in [0.1, 0.15) is 0 Å². The molecule has 2 N–H and O–H groups in total. The topological polar surface area (TPSA) is 62.5 Å². The molecule has 0 aliphatic carbocycles. The van der Waals surface area contributed by atoms with Gasteiger partial charge in [-0.2, -0.15) is 5.10 Å². The van der Waals surface area contributed by atoms with E-state index in [0.717, 1.165) is 32.8 Å². The molecule has 2 rings (SSSR count). The van der Waals surface area contributed by atoms with Gasteiger partial charge >= 0.3 is 0 Å². The van der Waals surface area contributed by atoms with Crippen LogP contribution in [0.3, 0.4) is 0 Å². The number of aliphatic hydroxyl groups is 1. The highest BCUT2D eigenvalue weighted by molar-refractivity contribution is 5.04. The second-order valence-corrected chi connectivity index (χ2v) is 5.36. The Kier molecular flexibility index (Phi) is 6.46. The highest BCUT2D eigenvalue weighted by Crippen LogP contribution is 2.10. The van der Waals surface area contributed by atoms with E-state index in [1.165, 1.54) is 18.4 Å². The lowest BCUT2D eigenvalue weighted by atomic mass is 10.2. The van der Waals surface area contributed by atoms with Crippen molar-refractivity contribution in [2.45, 2.75) is 32.0 Å². The summed E-state index contributed by atoms with van der Waals surface area (Å²) < 4.78 is 6.99. The van der Waals surface area contributed by atoms with Crippen LogP contribution in [0.15, 0.2) is 12.4 Å². The van der Waals surface area contributed by atoms with E-state index in [2.05, 4.69) is 15.3 Å². The molecule has 1 aliphatic rings. The van der Waals surface area contributed by atoms with Crippen molar-refractivity contribution in [3.63, 3.8) is 0 Å². The van der Waals surface area contributed by atoms with E-state index in [-0.39, 0.29) is 6.61 Å². The molecule has 1 fully saturated rings. The Morgan fingerprint density at radius 1 is 1.60 bits per heavy atom. The predicted octanol–water partition coefficient (Wildman–Crippen LogP) is 0.0758. The summed E-state index contributed by atoms with van der Waals surface area (Å²) in [5.41, 5.74) is 1.19. The van der Waals surface area contributed by atoms with Crippen LogP contribution in [0.25, 0.3) is 0 Å². The number of aromatic nitrogens is 2. The van der Waals surface area contributed by atoms with Gasteiger partial charge in [-0.05, 0) is 19.4 Å². The first-order chi connectivity index (χ1) is 9.81. The highest BCUT2D eigenvalue weighted by atomic mass is 16.5. The molecule has 0 spiro atoms. The molecule has 1 saturated heterocycles. The average Bonchev–Trinajstić information content (AvgIpc) is 3.09. The number of aliphatic hydroxyl groups excluding tert-OH is 1. The molecule has 1 unspecified atom stereocenters. The summed E-state index contributed by atoms with van der Waals surface area (Å²) in [6.45, 7) is 5.43. The van der Waals surface area contributed by atoms with Gasteiger partial charge in [0.25, 0.3) is 0 Å². The first-order valence-electron chi connectivity index (χ1n) is 7.38. The molecular formula is C14H26N4O2. The molecule has 0 aromatic carbocycles. The molecule has 1 aromatic heterocycles. The Bertz CT molecular complexity index is 377. The molecule has 1 atom stereocenters. The van der Waals surface area contributed by atoms with Crippen LogP contribution >= 0.6 is 0 Å². The summed E-state index contributed by atoms with van der Waals surface area (Å²) in [7, 11) is 1.74. The lowest BCUT2D eigenvalue weighted by molar-refractivity contribution is 0.138. The van der Waals surface area contributed by atoms with Crippen LogP contribution in [0.5, 0.6) is 0 Å². The Hall–Kier alpha value is -0.950. The van der Waals surface area contributed by atoms with Crippen LogP contribution in [0.1, 0.15) is 18.4 Å². The number of rotatable bonds is 9. The Balaban J connectivity index is 1.87. The molecule has 0 saturated carbocycles. The largest absolute Gasteiger partial charge is 0.394 e. The molecule has 1 aromatic rings. The number of nitrogens with zero attached hydrogens (tertiary/aromatic N) is 3. The van der Waals surface area contributed by atoms with Crippen molar-refractivity contribution in [3.8, 4) is 0 Å². The maximum Gasteiger partial charge on any atom is 0.0640 e. The first-order valence-corrected chi connectivity index (χ1v) is 7.38. The minimum atomic E-state index is 0.125. The lowest BCUT2D eigenvalue weighted by Crippen LogP contribution is -2.38. The second kappa shape index (κ2) is 8.36. The van der Waals surface area contributed by atoms with E-state index >= 15 is 0 Å². The van der Waals surface area contributed by atoms with E-state index in [1.807, 2.05) is 12.4 Å². The zero-order valence-electron chi connectivity index (χ0n) is 12.3. The van der Waals surface area contributed by atoms with Crippen LogP contribution in [0.2, 0.25) is 0 Å². The molecule has 0 radical (unpaired) electrons. The molecule has 114 valence electrons. The average molecular weight is 282 g/mol. The van der Waals surface area contributed by atoms with Gasteiger partial charge in [-0.15, -0.1) is 0 Å². The number of nitrogens with one attached hydrogen (secondary N) is 1. The molecule has 2 heterocycles. The Morgan fingerprint density at radius 2 is 2.50 bits per heavy atom. The highest BCUT2D eigenvalue weighted by Gasteiger charge is 2.18. The zero-order chi connectivity index (χ0) is 14.2. The van der Waals surface area contributed by atoms with Gasteiger partial charge in [0.2, 0.25) is 0 Å². The van der Waals surface area contributed by atoms with Crippen molar-refractivity contribution >= 4 is 0 Å². The molecular weight excluding hydrogens is 256 g/mol.